The second-order valence-corrected chi connectivity index (χ2v) is 7.19. The fourth-order valence-electron chi connectivity index (χ4n) is 3.24. The van der Waals surface area contributed by atoms with Crippen LogP contribution in [0.4, 0.5) is 16.2 Å². The normalized spacial score (nSPS) is 14.0. The maximum Gasteiger partial charge on any atom is 0.319 e. The fraction of sp³-hybridized carbons (Fsp3) is 0.429. The minimum absolute atomic E-state index is 0.241. The summed E-state index contributed by atoms with van der Waals surface area (Å²) in [6.45, 7) is 2.35. The minimum Gasteiger partial charge on any atom is -0.474 e. The molecule has 6 heteroatoms. The van der Waals surface area contributed by atoms with E-state index in [1.807, 2.05) is 56.3 Å². The van der Waals surface area contributed by atoms with E-state index in [-0.39, 0.29) is 12.1 Å². The summed E-state index contributed by atoms with van der Waals surface area (Å²) in [5, 5.41) is 5.81. The van der Waals surface area contributed by atoms with Crippen molar-refractivity contribution in [3.63, 3.8) is 0 Å². The zero-order chi connectivity index (χ0) is 19.2. The number of urea groups is 1. The number of amides is 2. The van der Waals surface area contributed by atoms with Crippen molar-refractivity contribution in [2.75, 3.05) is 24.3 Å². The van der Waals surface area contributed by atoms with Crippen molar-refractivity contribution in [3.8, 4) is 5.88 Å². The Hall–Kier alpha value is -2.76. The summed E-state index contributed by atoms with van der Waals surface area (Å²) in [6, 6.07) is 9.51. The molecule has 144 valence electrons. The first kappa shape index (κ1) is 19.0. The van der Waals surface area contributed by atoms with Gasteiger partial charge in [-0.25, -0.2) is 9.78 Å². The zero-order valence-corrected chi connectivity index (χ0v) is 16.3. The van der Waals surface area contributed by atoms with Crippen LogP contribution in [-0.2, 0) is 6.54 Å². The Labute approximate surface area is 160 Å². The van der Waals surface area contributed by atoms with Crippen LogP contribution in [-0.4, -0.2) is 31.2 Å². The molecule has 2 N–H and O–H groups in total. The van der Waals surface area contributed by atoms with Crippen molar-refractivity contribution < 1.29 is 9.53 Å². The third-order valence-electron chi connectivity index (χ3n) is 4.84. The SMILES string of the molecule is Cc1cc(N(C)C)ccc1NC(=O)NCc1cccnc1OC1CCCC1. The average Bonchev–Trinajstić information content (AvgIpc) is 3.15. The lowest BCUT2D eigenvalue weighted by molar-refractivity contribution is 0.199. The van der Waals surface area contributed by atoms with E-state index in [0.717, 1.165) is 35.3 Å². The summed E-state index contributed by atoms with van der Waals surface area (Å²) in [4.78, 5) is 18.7. The van der Waals surface area contributed by atoms with Gasteiger partial charge in [0.2, 0.25) is 5.88 Å². The largest absolute Gasteiger partial charge is 0.474 e. The highest BCUT2D eigenvalue weighted by Gasteiger charge is 2.18. The van der Waals surface area contributed by atoms with Crippen LogP contribution in [0.25, 0.3) is 0 Å². The standard InChI is InChI=1S/C21H28N4O2/c1-15-13-17(25(2)3)10-11-19(15)24-21(26)23-14-16-7-6-12-22-20(16)27-18-8-4-5-9-18/h6-7,10-13,18H,4-5,8-9,14H2,1-3H3,(H2,23,24,26). The summed E-state index contributed by atoms with van der Waals surface area (Å²) in [5.74, 6) is 0.621. The Morgan fingerprint density at radius 2 is 2.04 bits per heavy atom. The number of benzene rings is 1. The lowest BCUT2D eigenvalue weighted by atomic mass is 10.1. The minimum atomic E-state index is -0.244. The number of aromatic nitrogens is 1. The second-order valence-electron chi connectivity index (χ2n) is 7.19. The van der Waals surface area contributed by atoms with Gasteiger partial charge in [0.25, 0.3) is 0 Å². The van der Waals surface area contributed by atoms with Crippen LogP contribution in [0, 0.1) is 6.92 Å². The summed E-state index contributed by atoms with van der Waals surface area (Å²) in [6.07, 6.45) is 6.53. The molecule has 0 saturated heterocycles. The van der Waals surface area contributed by atoms with E-state index in [1.54, 1.807) is 6.20 Å². The quantitative estimate of drug-likeness (QED) is 0.806. The van der Waals surface area contributed by atoms with Gasteiger partial charge in [-0.05, 0) is 62.4 Å². The number of anilines is 2. The number of carbonyl (C=O) groups is 1. The molecule has 0 aliphatic heterocycles. The zero-order valence-electron chi connectivity index (χ0n) is 16.3. The Bertz CT molecular complexity index is 786. The number of rotatable bonds is 6. The van der Waals surface area contributed by atoms with Crippen molar-refractivity contribution >= 4 is 17.4 Å². The molecule has 1 aromatic carbocycles. The molecule has 1 saturated carbocycles. The molecular weight excluding hydrogens is 340 g/mol. The lowest BCUT2D eigenvalue weighted by Crippen LogP contribution is -2.29. The van der Waals surface area contributed by atoms with Crippen molar-refractivity contribution in [2.45, 2.75) is 45.3 Å². The van der Waals surface area contributed by atoms with Crippen LogP contribution < -0.4 is 20.3 Å². The Morgan fingerprint density at radius 3 is 2.74 bits per heavy atom. The van der Waals surface area contributed by atoms with Gasteiger partial charge in [-0.2, -0.15) is 0 Å². The Kier molecular flexibility index (Phi) is 6.16. The fourth-order valence-corrected chi connectivity index (χ4v) is 3.24. The van der Waals surface area contributed by atoms with Crippen LogP contribution in [0.2, 0.25) is 0 Å². The highest BCUT2D eigenvalue weighted by Crippen LogP contribution is 2.25. The highest BCUT2D eigenvalue weighted by molar-refractivity contribution is 5.90. The van der Waals surface area contributed by atoms with Crippen LogP contribution in [0.15, 0.2) is 36.5 Å². The van der Waals surface area contributed by atoms with Crippen molar-refractivity contribution in [3.05, 3.63) is 47.7 Å². The molecule has 2 amide bonds. The van der Waals surface area contributed by atoms with E-state index in [0.29, 0.717) is 12.4 Å². The van der Waals surface area contributed by atoms with Gasteiger partial charge >= 0.3 is 6.03 Å². The van der Waals surface area contributed by atoms with Gasteiger partial charge in [0.05, 0.1) is 0 Å². The molecule has 27 heavy (non-hydrogen) atoms. The molecule has 0 unspecified atom stereocenters. The van der Waals surface area contributed by atoms with Crippen molar-refractivity contribution in [1.82, 2.24) is 10.3 Å². The summed E-state index contributed by atoms with van der Waals surface area (Å²) in [7, 11) is 3.99. The third-order valence-corrected chi connectivity index (χ3v) is 4.84. The number of nitrogens with one attached hydrogen (secondary N) is 2. The van der Waals surface area contributed by atoms with Gasteiger partial charge in [0, 0.05) is 43.8 Å². The van der Waals surface area contributed by atoms with Gasteiger partial charge in [-0.1, -0.05) is 6.07 Å². The molecule has 1 heterocycles. The van der Waals surface area contributed by atoms with Gasteiger partial charge in [-0.15, -0.1) is 0 Å². The number of nitrogens with zero attached hydrogens (tertiary/aromatic N) is 2. The first-order valence-corrected chi connectivity index (χ1v) is 9.46. The van der Waals surface area contributed by atoms with E-state index < -0.39 is 0 Å². The molecular formula is C21H28N4O2. The smallest absolute Gasteiger partial charge is 0.319 e. The average molecular weight is 368 g/mol. The molecule has 1 aromatic heterocycles. The van der Waals surface area contributed by atoms with Crippen LogP contribution >= 0.6 is 0 Å². The van der Waals surface area contributed by atoms with Crippen LogP contribution in [0.5, 0.6) is 5.88 Å². The second kappa shape index (κ2) is 8.75. The van der Waals surface area contributed by atoms with Gasteiger partial charge < -0.3 is 20.3 Å². The molecule has 1 aliphatic rings. The maximum atomic E-state index is 12.3. The van der Waals surface area contributed by atoms with Crippen molar-refractivity contribution in [1.29, 1.82) is 0 Å². The van der Waals surface area contributed by atoms with Crippen LogP contribution in [0.3, 0.4) is 0 Å². The predicted molar refractivity (Wildman–Crippen MR) is 108 cm³/mol. The summed E-state index contributed by atoms with van der Waals surface area (Å²) in [5.41, 5.74) is 3.80. The number of pyridine rings is 1. The third kappa shape index (κ3) is 5.12. The summed E-state index contributed by atoms with van der Waals surface area (Å²) >= 11 is 0. The van der Waals surface area contributed by atoms with E-state index in [4.69, 9.17) is 4.74 Å². The van der Waals surface area contributed by atoms with E-state index >= 15 is 0 Å². The molecule has 3 rings (SSSR count). The molecule has 6 nitrogen and oxygen atoms in total. The van der Waals surface area contributed by atoms with Crippen LogP contribution in [0.1, 0.15) is 36.8 Å². The molecule has 0 atom stereocenters. The number of hydrogen-bond acceptors (Lipinski definition) is 4. The first-order chi connectivity index (χ1) is 13.0. The van der Waals surface area contributed by atoms with E-state index in [2.05, 4.69) is 15.6 Å². The number of hydrogen-bond donors (Lipinski definition) is 2. The Morgan fingerprint density at radius 1 is 1.26 bits per heavy atom. The van der Waals surface area contributed by atoms with Gasteiger partial charge in [0.1, 0.15) is 6.10 Å². The molecule has 1 aliphatic carbocycles. The van der Waals surface area contributed by atoms with Gasteiger partial charge in [-0.3, -0.25) is 0 Å². The van der Waals surface area contributed by atoms with E-state index in [1.165, 1.54) is 12.8 Å². The number of ether oxygens (including phenoxy) is 1. The Balaban J connectivity index is 1.58. The molecule has 0 bridgehead atoms. The van der Waals surface area contributed by atoms with Gasteiger partial charge in [0.15, 0.2) is 0 Å². The predicted octanol–water partition coefficient (Wildman–Crippen LogP) is 4.10. The molecule has 2 aromatic rings. The first-order valence-electron chi connectivity index (χ1n) is 9.46. The number of aryl methyl sites for hydroxylation is 1. The summed E-state index contributed by atoms with van der Waals surface area (Å²) < 4.78 is 6.02. The maximum absolute atomic E-state index is 12.3. The molecule has 0 spiro atoms. The number of carbonyl (C=O) groups excluding carboxylic acids is 1. The molecule has 1 fully saturated rings. The monoisotopic (exact) mass is 368 g/mol. The van der Waals surface area contributed by atoms with E-state index in [9.17, 15) is 4.79 Å². The topological polar surface area (TPSA) is 66.5 Å². The molecule has 0 radical (unpaired) electrons. The lowest BCUT2D eigenvalue weighted by Gasteiger charge is -2.17. The van der Waals surface area contributed by atoms with Crippen molar-refractivity contribution in [2.24, 2.45) is 0 Å². The highest BCUT2D eigenvalue weighted by atomic mass is 16.5.